The van der Waals surface area contributed by atoms with E-state index in [1.807, 2.05) is 57.3 Å². The third-order valence-electron chi connectivity index (χ3n) is 8.11. The van der Waals surface area contributed by atoms with Crippen molar-refractivity contribution in [3.8, 4) is 0 Å². The molecule has 0 unspecified atom stereocenters. The maximum Gasteiger partial charge on any atom is 0.375 e. The van der Waals surface area contributed by atoms with Gasteiger partial charge in [0, 0.05) is 31.9 Å². The van der Waals surface area contributed by atoms with Crippen molar-refractivity contribution >= 4 is 41.4 Å². The molecule has 0 bridgehead atoms. The summed E-state index contributed by atoms with van der Waals surface area (Å²) in [5, 5.41) is 5.44. The molecule has 11 nitrogen and oxygen atoms in total. The number of benzene rings is 2. The fourth-order valence-electron chi connectivity index (χ4n) is 5.50. The number of Topliss-reactive ketones (excluding diaryl/α,β-unsaturated/α-hetero) is 1. The number of hydrogen-bond donors (Lipinski definition) is 2. The molecule has 0 aromatic heterocycles. The molecule has 0 spiro atoms. The Labute approximate surface area is 275 Å². The predicted octanol–water partition coefficient (Wildman–Crippen LogP) is 3.06. The van der Waals surface area contributed by atoms with Crippen molar-refractivity contribution in [3.63, 3.8) is 0 Å². The first-order valence-corrected chi connectivity index (χ1v) is 16.8. The van der Waals surface area contributed by atoms with Gasteiger partial charge in [-0.05, 0) is 44.4 Å². The summed E-state index contributed by atoms with van der Waals surface area (Å²) in [7, 11) is 2.00. The van der Waals surface area contributed by atoms with Crippen molar-refractivity contribution in [1.82, 2.24) is 25.3 Å². The van der Waals surface area contributed by atoms with Gasteiger partial charge in [-0.3, -0.25) is 14.4 Å². The third-order valence-corrected chi connectivity index (χ3v) is 9.43. The van der Waals surface area contributed by atoms with Gasteiger partial charge < -0.3 is 30.1 Å². The van der Waals surface area contributed by atoms with Gasteiger partial charge in [0.05, 0.1) is 6.10 Å². The molecule has 0 radical (unpaired) electrons. The zero-order valence-electron chi connectivity index (χ0n) is 27.2. The van der Waals surface area contributed by atoms with Crippen LogP contribution in [-0.2, 0) is 30.3 Å². The van der Waals surface area contributed by atoms with Crippen LogP contribution < -0.4 is 10.6 Å². The number of thioether (sulfide) groups is 1. The first-order chi connectivity index (χ1) is 22.0. The Hall–Kier alpha value is -3.90. The van der Waals surface area contributed by atoms with Crippen LogP contribution in [0, 0.1) is 11.8 Å². The van der Waals surface area contributed by atoms with Gasteiger partial charge in [-0.15, -0.1) is 11.8 Å². The van der Waals surface area contributed by atoms with Crippen molar-refractivity contribution in [2.45, 2.75) is 57.8 Å². The number of piperazine rings is 1. The highest BCUT2D eigenvalue weighted by Gasteiger charge is 2.44. The molecule has 2 aromatic carbocycles. The molecular formula is C34H45N5O6S. The number of nitrogens with zero attached hydrogens (tertiary/aromatic N) is 3. The monoisotopic (exact) mass is 651 g/mol. The second kappa shape index (κ2) is 16.1. The minimum atomic E-state index is -1.36. The lowest BCUT2D eigenvalue weighted by molar-refractivity contribution is -0.160. The highest BCUT2D eigenvalue weighted by atomic mass is 32.2. The number of ketones is 1. The number of carbonyl (C=O) groups is 5. The molecule has 4 atom stereocenters. The zero-order valence-corrected chi connectivity index (χ0v) is 28.0. The Morgan fingerprint density at radius 2 is 1.50 bits per heavy atom. The van der Waals surface area contributed by atoms with E-state index in [-0.39, 0.29) is 24.3 Å². The fraction of sp³-hybridized carbons (Fsp3) is 0.500. The van der Waals surface area contributed by atoms with Gasteiger partial charge >= 0.3 is 12.0 Å². The number of carbonyl (C=O) groups excluding carboxylic acids is 5. The topological polar surface area (TPSA) is 128 Å². The van der Waals surface area contributed by atoms with Crippen LogP contribution in [0.1, 0.15) is 44.2 Å². The molecule has 2 N–H and O–H groups in total. The largest absolute Gasteiger partial charge is 0.457 e. The van der Waals surface area contributed by atoms with Crippen LogP contribution in [0.2, 0.25) is 0 Å². The Balaban J connectivity index is 1.61. The Kier molecular flexibility index (Phi) is 12.2. The van der Waals surface area contributed by atoms with Gasteiger partial charge in [0.1, 0.15) is 23.5 Å². The standard InChI is InChI=1S/C34H45N5O6S/c1-22(2)28(36-34(44)38-18-16-37(5)17-19-38)31(42)39-27(21-46-32(39)25-14-10-7-11-15-25)35-30(41)26(20-24-12-8-6-9-13-24)29(40)33(43)45-23(3)4/h6-15,22-23,26-28,32H,16-21H2,1-5H3,(H,35,41)(H,36,44)/t26-,27+,28-,32+/m0/s1. The van der Waals surface area contributed by atoms with E-state index in [4.69, 9.17) is 4.74 Å². The van der Waals surface area contributed by atoms with Gasteiger partial charge in [-0.2, -0.15) is 0 Å². The maximum atomic E-state index is 14.4. The van der Waals surface area contributed by atoms with Gasteiger partial charge in [0.2, 0.25) is 11.8 Å². The Morgan fingerprint density at radius 3 is 2.09 bits per heavy atom. The van der Waals surface area contributed by atoms with E-state index in [2.05, 4.69) is 15.5 Å². The lowest BCUT2D eigenvalue weighted by Crippen LogP contribution is -2.60. The van der Waals surface area contributed by atoms with Gasteiger partial charge in [-0.1, -0.05) is 74.5 Å². The van der Waals surface area contributed by atoms with E-state index in [1.54, 1.807) is 47.9 Å². The molecule has 2 aliphatic heterocycles. The summed E-state index contributed by atoms with van der Waals surface area (Å²) >= 11 is 1.48. The lowest BCUT2D eigenvalue weighted by Gasteiger charge is -2.37. The molecule has 46 heavy (non-hydrogen) atoms. The normalized spacial score (nSPS) is 19.9. The third kappa shape index (κ3) is 8.88. The first-order valence-electron chi connectivity index (χ1n) is 15.8. The summed E-state index contributed by atoms with van der Waals surface area (Å²) in [4.78, 5) is 73.1. The number of esters is 1. The number of hydrogen-bond acceptors (Lipinski definition) is 8. The average Bonchev–Trinajstić information content (AvgIpc) is 3.45. The van der Waals surface area contributed by atoms with Crippen molar-refractivity contribution < 1.29 is 28.7 Å². The fourth-order valence-corrected chi connectivity index (χ4v) is 6.87. The number of likely N-dealkylation sites (N-methyl/N-ethyl adjacent to an activating group) is 1. The molecule has 2 heterocycles. The van der Waals surface area contributed by atoms with E-state index in [0.29, 0.717) is 24.4 Å². The lowest BCUT2D eigenvalue weighted by atomic mass is 9.94. The minimum absolute atomic E-state index is 0.00960. The van der Waals surface area contributed by atoms with Crippen LogP contribution in [0.25, 0.3) is 0 Å². The first kappa shape index (κ1) is 35.0. The van der Waals surface area contributed by atoms with Crippen LogP contribution in [-0.4, -0.2) is 102 Å². The second-order valence-electron chi connectivity index (χ2n) is 12.4. The van der Waals surface area contributed by atoms with E-state index in [1.165, 1.54) is 11.8 Å². The van der Waals surface area contributed by atoms with Crippen molar-refractivity contribution in [1.29, 1.82) is 0 Å². The Bertz CT molecular complexity index is 1370. The quantitative estimate of drug-likeness (QED) is 0.216. The van der Waals surface area contributed by atoms with Gasteiger partial charge in [0.15, 0.2) is 0 Å². The molecule has 2 fully saturated rings. The highest BCUT2D eigenvalue weighted by molar-refractivity contribution is 7.99. The van der Waals surface area contributed by atoms with E-state index in [0.717, 1.165) is 18.7 Å². The number of amides is 4. The summed E-state index contributed by atoms with van der Waals surface area (Å²) in [6.45, 7) is 9.61. The number of nitrogens with one attached hydrogen (secondary N) is 2. The van der Waals surface area contributed by atoms with Gasteiger partial charge in [0.25, 0.3) is 5.78 Å². The smallest absolute Gasteiger partial charge is 0.375 e. The maximum absolute atomic E-state index is 14.4. The number of ether oxygens (including phenoxy) is 1. The molecule has 0 aliphatic carbocycles. The summed E-state index contributed by atoms with van der Waals surface area (Å²) in [6, 6.07) is 17.3. The Morgan fingerprint density at radius 1 is 0.891 bits per heavy atom. The van der Waals surface area contributed by atoms with Crippen molar-refractivity contribution in [2.24, 2.45) is 11.8 Å². The van der Waals surface area contributed by atoms with Crippen LogP contribution in [0.15, 0.2) is 60.7 Å². The van der Waals surface area contributed by atoms with E-state index >= 15 is 0 Å². The van der Waals surface area contributed by atoms with Crippen LogP contribution >= 0.6 is 11.8 Å². The molecule has 0 saturated carbocycles. The molecule has 2 aromatic rings. The minimum Gasteiger partial charge on any atom is -0.457 e. The zero-order chi connectivity index (χ0) is 33.4. The molecule has 2 aliphatic rings. The molecule has 2 saturated heterocycles. The van der Waals surface area contributed by atoms with Crippen LogP contribution in [0.5, 0.6) is 0 Å². The van der Waals surface area contributed by atoms with Crippen LogP contribution in [0.3, 0.4) is 0 Å². The molecule has 248 valence electrons. The highest BCUT2D eigenvalue weighted by Crippen LogP contribution is 2.41. The van der Waals surface area contributed by atoms with Gasteiger partial charge in [-0.25, -0.2) is 9.59 Å². The summed E-state index contributed by atoms with van der Waals surface area (Å²) < 4.78 is 5.15. The number of urea groups is 1. The molecule has 12 heteroatoms. The summed E-state index contributed by atoms with van der Waals surface area (Å²) in [6.07, 6.45) is -1.34. The van der Waals surface area contributed by atoms with Crippen molar-refractivity contribution in [2.75, 3.05) is 39.0 Å². The SMILES string of the molecule is CC(C)OC(=O)C(=O)[C@H](Cc1ccccc1)C(=O)N[C@H]1CS[C@H](c2ccccc2)N1C(=O)[C@@H](NC(=O)N1CCN(C)CC1)C(C)C. The molecule has 4 amide bonds. The molecule has 4 rings (SSSR count). The molecular weight excluding hydrogens is 606 g/mol. The van der Waals surface area contributed by atoms with E-state index < -0.39 is 47.3 Å². The predicted molar refractivity (Wildman–Crippen MR) is 177 cm³/mol. The number of rotatable bonds is 11. The second-order valence-corrected chi connectivity index (χ2v) is 13.5. The van der Waals surface area contributed by atoms with Crippen LogP contribution in [0.4, 0.5) is 4.79 Å². The average molecular weight is 652 g/mol. The summed E-state index contributed by atoms with van der Waals surface area (Å²) in [5.41, 5.74) is 1.57. The van der Waals surface area contributed by atoms with E-state index in [9.17, 15) is 24.0 Å². The van der Waals surface area contributed by atoms with Crippen molar-refractivity contribution in [3.05, 3.63) is 71.8 Å². The summed E-state index contributed by atoms with van der Waals surface area (Å²) in [5.74, 6) is -4.30.